The van der Waals surface area contributed by atoms with E-state index in [9.17, 15) is 9.90 Å². The number of hydrogen-bond acceptors (Lipinski definition) is 5. The van der Waals surface area contributed by atoms with Gasteiger partial charge in [-0.05, 0) is 6.92 Å². The second kappa shape index (κ2) is 5.68. The number of carboxylic acid groups (broad SMARTS) is 1. The fourth-order valence-corrected chi connectivity index (χ4v) is 1.58. The zero-order valence-corrected chi connectivity index (χ0v) is 10.8. The molecule has 1 rings (SSSR count). The summed E-state index contributed by atoms with van der Waals surface area (Å²) in [6, 6.07) is 1.66. The van der Waals surface area contributed by atoms with E-state index >= 15 is 0 Å². The number of ether oxygens (including phenoxy) is 2. The summed E-state index contributed by atoms with van der Waals surface area (Å²) >= 11 is 0. The van der Waals surface area contributed by atoms with Crippen molar-refractivity contribution in [2.45, 2.75) is 13.3 Å². The monoisotopic (exact) mass is 254 g/mol. The minimum absolute atomic E-state index is 0.0182. The van der Waals surface area contributed by atoms with Crippen molar-refractivity contribution >= 4 is 5.97 Å². The molecule has 0 fully saturated rings. The number of carboxylic acids is 1. The minimum Gasteiger partial charge on any atom is -0.493 e. The number of pyridine rings is 1. The molecule has 1 atom stereocenters. The van der Waals surface area contributed by atoms with Crippen LogP contribution in [0.4, 0.5) is 0 Å². The predicted octanol–water partition coefficient (Wildman–Crippen LogP) is 0.691. The lowest BCUT2D eigenvalue weighted by Gasteiger charge is -2.23. The topological polar surface area (TPSA) is 94.7 Å². The average Bonchev–Trinajstić information content (AvgIpc) is 2.37. The molecule has 1 aromatic rings. The Morgan fingerprint density at radius 2 is 2.17 bits per heavy atom. The maximum atomic E-state index is 11.2. The Hall–Kier alpha value is -1.82. The number of carbonyl (C=O) groups is 1. The number of hydrogen-bond donors (Lipinski definition) is 2. The van der Waals surface area contributed by atoms with Crippen LogP contribution in [0.15, 0.2) is 12.3 Å². The normalized spacial score (nSPS) is 13.8. The summed E-state index contributed by atoms with van der Waals surface area (Å²) in [5, 5.41) is 9.20. The molecule has 0 aliphatic heterocycles. The number of nitrogens with two attached hydrogens (primary N) is 1. The SMILES string of the molecule is COc1ccnc(CC(C)(CN)C(=O)O)c1OC. The zero-order valence-electron chi connectivity index (χ0n) is 10.8. The number of aliphatic carboxylic acids is 1. The predicted molar refractivity (Wildman–Crippen MR) is 65.8 cm³/mol. The van der Waals surface area contributed by atoms with Crippen LogP contribution in [0.3, 0.4) is 0 Å². The van der Waals surface area contributed by atoms with Crippen LogP contribution < -0.4 is 15.2 Å². The summed E-state index contributed by atoms with van der Waals surface area (Å²) in [5.74, 6) is 0.00450. The molecule has 18 heavy (non-hydrogen) atoms. The van der Waals surface area contributed by atoms with Crippen molar-refractivity contribution in [1.29, 1.82) is 0 Å². The molecule has 0 aromatic carbocycles. The Kier molecular flexibility index (Phi) is 4.49. The van der Waals surface area contributed by atoms with Gasteiger partial charge in [-0.25, -0.2) is 0 Å². The lowest BCUT2D eigenvalue weighted by Crippen LogP contribution is -2.38. The third-order valence-corrected chi connectivity index (χ3v) is 2.89. The summed E-state index contributed by atoms with van der Waals surface area (Å²) < 4.78 is 10.4. The van der Waals surface area contributed by atoms with Crippen LogP contribution in [-0.2, 0) is 11.2 Å². The standard InChI is InChI=1S/C12H18N2O4/c1-12(7-13,11(15)16)6-8-10(18-3)9(17-2)4-5-14-8/h4-5H,6-7,13H2,1-3H3,(H,15,16). The molecule has 3 N–H and O–H groups in total. The molecular formula is C12H18N2O4. The molecule has 0 spiro atoms. The molecule has 0 saturated carbocycles. The maximum Gasteiger partial charge on any atom is 0.311 e. The van der Waals surface area contributed by atoms with E-state index in [4.69, 9.17) is 15.2 Å². The Bertz CT molecular complexity index is 436. The molecule has 0 saturated heterocycles. The van der Waals surface area contributed by atoms with Gasteiger partial charge in [0.15, 0.2) is 11.5 Å². The zero-order chi connectivity index (χ0) is 13.8. The van der Waals surface area contributed by atoms with Gasteiger partial charge < -0.3 is 20.3 Å². The quantitative estimate of drug-likeness (QED) is 0.775. The van der Waals surface area contributed by atoms with Crippen LogP contribution in [0.25, 0.3) is 0 Å². The Balaban J connectivity index is 3.14. The highest BCUT2D eigenvalue weighted by atomic mass is 16.5. The molecule has 1 aromatic heterocycles. The molecule has 0 radical (unpaired) electrons. The first-order valence-corrected chi connectivity index (χ1v) is 5.48. The number of aromatic nitrogens is 1. The van der Waals surface area contributed by atoms with Crippen LogP contribution in [0.5, 0.6) is 11.5 Å². The highest BCUT2D eigenvalue weighted by Crippen LogP contribution is 2.33. The molecule has 0 bridgehead atoms. The average molecular weight is 254 g/mol. The van der Waals surface area contributed by atoms with E-state index in [1.54, 1.807) is 19.2 Å². The lowest BCUT2D eigenvalue weighted by atomic mass is 9.85. The molecular weight excluding hydrogens is 236 g/mol. The lowest BCUT2D eigenvalue weighted by molar-refractivity contribution is -0.147. The highest BCUT2D eigenvalue weighted by molar-refractivity contribution is 5.75. The summed E-state index contributed by atoms with van der Waals surface area (Å²) in [4.78, 5) is 15.4. The molecule has 6 nitrogen and oxygen atoms in total. The summed E-state index contributed by atoms with van der Waals surface area (Å²) in [6.45, 7) is 1.60. The fraction of sp³-hybridized carbons (Fsp3) is 0.500. The van der Waals surface area contributed by atoms with Gasteiger partial charge in [0, 0.05) is 25.2 Å². The van der Waals surface area contributed by atoms with Crippen molar-refractivity contribution in [3.63, 3.8) is 0 Å². The number of rotatable bonds is 6. The van der Waals surface area contributed by atoms with Crippen LogP contribution in [0.2, 0.25) is 0 Å². The van der Waals surface area contributed by atoms with Gasteiger partial charge in [0.25, 0.3) is 0 Å². The van der Waals surface area contributed by atoms with Gasteiger partial charge in [-0.15, -0.1) is 0 Å². The van der Waals surface area contributed by atoms with Gasteiger partial charge in [0.2, 0.25) is 0 Å². The van der Waals surface area contributed by atoms with Crippen LogP contribution in [-0.4, -0.2) is 36.8 Å². The Morgan fingerprint density at radius 1 is 1.50 bits per heavy atom. The summed E-state index contributed by atoms with van der Waals surface area (Å²) in [5.41, 5.74) is 4.98. The van der Waals surface area contributed by atoms with Crippen LogP contribution in [0.1, 0.15) is 12.6 Å². The first-order chi connectivity index (χ1) is 8.48. The van der Waals surface area contributed by atoms with E-state index < -0.39 is 11.4 Å². The van der Waals surface area contributed by atoms with Gasteiger partial charge in [-0.1, -0.05) is 0 Å². The van der Waals surface area contributed by atoms with Crippen molar-refractivity contribution in [1.82, 2.24) is 4.98 Å². The fourth-order valence-electron chi connectivity index (χ4n) is 1.58. The molecule has 0 aliphatic carbocycles. The van der Waals surface area contributed by atoms with Crippen LogP contribution >= 0.6 is 0 Å². The van der Waals surface area contributed by atoms with Crippen molar-refractivity contribution in [2.24, 2.45) is 11.1 Å². The second-order valence-corrected chi connectivity index (χ2v) is 4.24. The van der Waals surface area contributed by atoms with E-state index in [1.807, 2.05) is 0 Å². The van der Waals surface area contributed by atoms with E-state index in [0.29, 0.717) is 17.2 Å². The van der Waals surface area contributed by atoms with Gasteiger partial charge >= 0.3 is 5.97 Å². The largest absolute Gasteiger partial charge is 0.493 e. The number of methoxy groups -OCH3 is 2. The highest BCUT2D eigenvalue weighted by Gasteiger charge is 2.34. The number of nitrogens with zero attached hydrogens (tertiary/aromatic N) is 1. The van der Waals surface area contributed by atoms with Gasteiger partial charge in [-0.2, -0.15) is 0 Å². The van der Waals surface area contributed by atoms with Gasteiger partial charge in [0.1, 0.15) is 0 Å². The van der Waals surface area contributed by atoms with Gasteiger partial charge in [-0.3, -0.25) is 9.78 Å². The summed E-state index contributed by atoms with van der Waals surface area (Å²) in [6.07, 6.45) is 1.73. The third kappa shape index (κ3) is 2.70. The Labute approximate surface area is 106 Å². The maximum absolute atomic E-state index is 11.2. The van der Waals surface area contributed by atoms with E-state index in [2.05, 4.69) is 4.98 Å². The third-order valence-electron chi connectivity index (χ3n) is 2.89. The summed E-state index contributed by atoms with van der Waals surface area (Å²) in [7, 11) is 3.00. The van der Waals surface area contributed by atoms with Gasteiger partial charge in [0.05, 0.1) is 25.3 Å². The van der Waals surface area contributed by atoms with Crippen molar-refractivity contribution in [2.75, 3.05) is 20.8 Å². The molecule has 0 amide bonds. The second-order valence-electron chi connectivity index (χ2n) is 4.24. The first kappa shape index (κ1) is 14.2. The van der Waals surface area contributed by atoms with Crippen LogP contribution in [0, 0.1) is 5.41 Å². The smallest absolute Gasteiger partial charge is 0.311 e. The van der Waals surface area contributed by atoms with Crippen molar-refractivity contribution < 1.29 is 19.4 Å². The molecule has 0 aliphatic rings. The molecule has 1 heterocycles. The van der Waals surface area contributed by atoms with E-state index in [-0.39, 0.29) is 13.0 Å². The molecule has 6 heteroatoms. The molecule has 100 valence electrons. The molecule has 1 unspecified atom stereocenters. The first-order valence-electron chi connectivity index (χ1n) is 5.48. The Morgan fingerprint density at radius 3 is 2.61 bits per heavy atom. The van der Waals surface area contributed by atoms with E-state index in [1.165, 1.54) is 14.2 Å². The van der Waals surface area contributed by atoms with Crippen molar-refractivity contribution in [3.05, 3.63) is 18.0 Å². The minimum atomic E-state index is -1.08. The van der Waals surface area contributed by atoms with E-state index in [0.717, 1.165) is 0 Å². The van der Waals surface area contributed by atoms with Crippen molar-refractivity contribution in [3.8, 4) is 11.5 Å².